The van der Waals surface area contributed by atoms with Crippen LogP contribution in [0.4, 0.5) is 0 Å². The number of hydrogen-bond donors (Lipinski definition) is 0. The van der Waals surface area contributed by atoms with Gasteiger partial charge in [0.25, 0.3) is 0 Å². The van der Waals surface area contributed by atoms with Crippen molar-refractivity contribution in [2.45, 2.75) is 13.3 Å². The fourth-order valence-corrected chi connectivity index (χ4v) is 3.47. The highest BCUT2D eigenvalue weighted by molar-refractivity contribution is 6.09. The first-order valence-electron chi connectivity index (χ1n) is 4.94. The molecule has 0 aromatic heterocycles. The molecule has 4 unspecified atom stereocenters. The van der Waals surface area contributed by atoms with Crippen molar-refractivity contribution in [1.29, 1.82) is 0 Å². The number of Topliss-reactive ketones (excluding diaryl/α,β-unsaturated/α-hetero) is 2. The van der Waals surface area contributed by atoms with Crippen molar-refractivity contribution in [1.82, 2.24) is 0 Å². The van der Waals surface area contributed by atoms with E-state index in [1.54, 1.807) is 0 Å². The molecule has 0 aromatic carbocycles. The first-order chi connectivity index (χ1) is 6.20. The molecule has 0 saturated heterocycles. The van der Waals surface area contributed by atoms with E-state index in [-0.39, 0.29) is 29.8 Å². The van der Waals surface area contributed by atoms with E-state index in [2.05, 4.69) is 19.1 Å². The third-order valence-corrected chi connectivity index (χ3v) is 4.08. The van der Waals surface area contributed by atoms with Crippen LogP contribution in [0.3, 0.4) is 0 Å². The van der Waals surface area contributed by atoms with Gasteiger partial charge >= 0.3 is 0 Å². The lowest BCUT2D eigenvalue weighted by Crippen LogP contribution is -2.21. The van der Waals surface area contributed by atoms with Crippen molar-refractivity contribution in [2.75, 3.05) is 0 Å². The summed E-state index contributed by atoms with van der Waals surface area (Å²) in [6.07, 6.45) is 4.50. The molecular weight excluding hydrogens is 164 g/mol. The zero-order valence-electron chi connectivity index (χ0n) is 7.57. The van der Waals surface area contributed by atoms with Crippen molar-refractivity contribution >= 4 is 11.6 Å². The predicted octanol–water partition coefficient (Wildman–Crippen LogP) is 1.21. The summed E-state index contributed by atoms with van der Waals surface area (Å²) in [4.78, 5) is 23.1. The van der Waals surface area contributed by atoms with Crippen molar-refractivity contribution < 1.29 is 9.59 Å². The number of allylic oxidation sites excluding steroid dienone is 2. The fraction of sp³-hybridized carbons (Fsp3) is 0.636. The van der Waals surface area contributed by atoms with Crippen LogP contribution in [-0.2, 0) is 9.59 Å². The Morgan fingerprint density at radius 3 is 2.00 bits per heavy atom. The first kappa shape index (κ1) is 7.48. The molecule has 68 valence electrons. The Morgan fingerprint density at radius 1 is 1.08 bits per heavy atom. The van der Waals surface area contributed by atoms with Gasteiger partial charge in [0.1, 0.15) is 11.6 Å². The van der Waals surface area contributed by atoms with Gasteiger partial charge in [-0.15, -0.1) is 0 Å². The van der Waals surface area contributed by atoms with Crippen LogP contribution in [0.15, 0.2) is 12.2 Å². The summed E-state index contributed by atoms with van der Waals surface area (Å²) in [6.45, 7) is 2.16. The summed E-state index contributed by atoms with van der Waals surface area (Å²) in [7, 11) is 0. The van der Waals surface area contributed by atoms with Crippen LogP contribution in [-0.4, -0.2) is 11.6 Å². The van der Waals surface area contributed by atoms with Gasteiger partial charge in [0.05, 0.1) is 6.42 Å². The van der Waals surface area contributed by atoms with Crippen LogP contribution in [0.25, 0.3) is 0 Å². The van der Waals surface area contributed by atoms with Crippen molar-refractivity contribution in [3.8, 4) is 0 Å². The van der Waals surface area contributed by atoms with Gasteiger partial charge in [-0.1, -0.05) is 19.1 Å². The lowest BCUT2D eigenvalue weighted by Gasteiger charge is -2.16. The second kappa shape index (κ2) is 2.11. The minimum atomic E-state index is 0.0532. The minimum Gasteiger partial charge on any atom is -0.299 e. The highest BCUT2D eigenvalue weighted by atomic mass is 16.2. The number of carbonyl (C=O) groups excluding carboxylic acids is 2. The molecule has 3 aliphatic rings. The van der Waals surface area contributed by atoms with Gasteiger partial charge in [-0.05, 0) is 17.8 Å². The molecule has 4 atom stereocenters. The van der Waals surface area contributed by atoms with Gasteiger partial charge < -0.3 is 0 Å². The average molecular weight is 176 g/mol. The summed E-state index contributed by atoms with van der Waals surface area (Å²) in [6, 6.07) is 0. The molecule has 13 heavy (non-hydrogen) atoms. The smallest absolute Gasteiger partial charge is 0.144 e. The lowest BCUT2D eigenvalue weighted by molar-refractivity contribution is -0.123. The monoisotopic (exact) mass is 176 g/mol. The molecule has 0 heterocycles. The quantitative estimate of drug-likeness (QED) is 0.410. The van der Waals surface area contributed by atoms with Gasteiger partial charge in [-0.3, -0.25) is 9.59 Å². The molecule has 0 aromatic rings. The maximum Gasteiger partial charge on any atom is 0.144 e. The number of carbonyl (C=O) groups is 2. The Morgan fingerprint density at radius 2 is 1.54 bits per heavy atom. The zero-order valence-corrected chi connectivity index (χ0v) is 7.57. The van der Waals surface area contributed by atoms with Crippen molar-refractivity contribution in [3.05, 3.63) is 12.2 Å². The Hall–Kier alpha value is -0.920. The van der Waals surface area contributed by atoms with Gasteiger partial charge in [-0.25, -0.2) is 0 Å². The SMILES string of the molecule is CC1C2C=CC1C1C(=O)CC(=O)C21. The van der Waals surface area contributed by atoms with Gasteiger partial charge in [0.2, 0.25) is 0 Å². The molecule has 0 N–H and O–H groups in total. The summed E-state index contributed by atoms with van der Waals surface area (Å²) in [5.41, 5.74) is 0. The lowest BCUT2D eigenvalue weighted by atomic mass is 9.85. The van der Waals surface area contributed by atoms with E-state index in [1.165, 1.54) is 0 Å². The number of hydrogen-bond acceptors (Lipinski definition) is 2. The van der Waals surface area contributed by atoms with Gasteiger partial charge in [0.15, 0.2) is 0 Å². The highest BCUT2D eigenvalue weighted by Gasteiger charge is 2.58. The maximum atomic E-state index is 11.5. The fourth-order valence-electron chi connectivity index (χ4n) is 3.47. The van der Waals surface area contributed by atoms with Crippen LogP contribution in [0.1, 0.15) is 13.3 Å². The van der Waals surface area contributed by atoms with E-state index in [4.69, 9.17) is 0 Å². The molecule has 0 radical (unpaired) electrons. The predicted molar refractivity (Wildman–Crippen MR) is 46.9 cm³/mol. The third kappa shape index (κ3) is 0.702. The second-order valence-electron chi connectivity index (χ2n) is 4.56. The number of ketones is 2. The molecule has 0 aliphatic heterocycles. The highest BCUT2D eigenvalue weighted by Crippen LogP contribution is 2.55. The van der Waals surface area contributed by atoms with E-state index in [1.807, 2.05) is 0 Å². The average Bonchev–Trinajstić information content (AvgIpc) is 2.67. The molecule has 2 fully saturated rings. The molecule has 3 aliphatic carbocycles. The van der Waals surface area contributed by atoms with Crippen LogP contribution in [0.5, 0.6) is 0 Å². The first-order valence-corrected chi connectivity index (χ1v) is 4.94. The number of rotatable bonds is 0. The van der Waals surface area contributed by atoms with Gasteiger partial charge in [0, 0.05) is 11.8 Å². The van der Waals surface area contributed by atoms with E-state index in [9.17, 15) is 9.59 Å². The molecule has 2 nitrogen and oxygen atoms in total. The minimum absolute atomic E-state index is 0.0532. The Bertz CT molecular complexity index is 299. The molecule has 3 rings (SSSR count). The standard InChI is InChI=1S/C11H12O2/c1-5-6-2-3-7(5)11-9(13)4-8(12)10(6)11/h2-3,5-7,10-11H,4H2,1H3. The van der Waals surface area contributed by atoms with Crippen LogP contribution < -0.4 is 0 Å². The summed E-state index contributed by atoms with van der Waals surface area (Å²) in [5.74, 6) is 1.75. The van der Waals surface area contributed by atoms with Crippen LogP contribution >= 0.6 is 0 Å². The maximum absolute atomic E-state index is 11.5. The van der Waals surface area contributed by atoms with Gasteiger partial charge in [-0.2, -0.15) is 0 Å². The van der Waals surface area contributed by atoms with E-state index in [0.717, 1.165) is 0 Å². The third-order valence-electron chi connectivity index (χ3n) is 4.08. The van der Waals surface area contributed by atoms with E-state index >= 15 is 0 Å². The summed E-state index contributed by atoms with van der Waals surface area (Å²) < 4.78 is 0. The normalized spacial score (nSPS) is 51.9. The van der Waals surface area contributed by atoms with Crippen LogP contribution in [0.2, 0.25) is 0 Å². The molecule has 0 spiro atoms. The van der Waals surface area contributed by atoms with Crippen LogP contribution in [0, 0.1) is 29.6 Å². The van der Waals surface area contributed by atoms with Crippen molar-refractivity contribution in [2.24, 2.45) is 29.6 Å². The summed E-state index contributed by atoms with van der Waals surface area (Å²) >= 11 is 0. The zero-order chi connectivity index (χ0) is 9.16. The molecule has 2 heteroatoms. The van der Waals surface area contributed by atoms with E-state index in [0.29, 0.717) is 17.8 Å². The Balaban J connectivity index is 2.09. The molecule has 2 saturated carbocycles. The second-order valence-corrected chi connectivity index (χ2v) is 4.56. The largest absolute Gasteiger partial charge is 0.299 e. The summed E-state index contributed by atoms with van der Waals surface area (Å²) in [5, 5.41) is 0. The molecule has 0 amide bonds. The Labute approximate surface area is 77.0 Å². The molecule has 2 bridgehead atoms. The number of fused-ring (bicyclic) bond motifs is 5. The Kier molecular flexibility index (Phi) is 1.22. The molecular formula is C11H12O2. The topological polar surface area (TPSA) is 34.1 Å². The van der Waals surface area contributed by atoms with E-state index < -0.39 is 0 Å². The van der Waals surface area contributed by atoms with Crippen molar-refractivity contribution in [3.63, 3.8) is 0 Å².